The molecule has 0 bridgehead atoms. The number of ether oxygens (including phenoxy) is 2. The van der Waals surface area contributed by atoms with Crippen molar-refractivity contribution in [2.75, 3.05) is 13.2 Å². The summed E-state index contributed by atoms with van der Waals surface area (Å²) >= 11 is 0. The molecule has 0 amide bonds. The Hall–Kier alpha value is -1.02. The van der Waals surface area contributed by atoms with Crippen LogP contribution in [-0.4, -0.2) is 19.3 Å². The molecule has 1 unspecified atom stereocenters. The summed E-state index contributed by atoms with van der Waals surface area (Å²) in [5.74, 6) is 3.84. The van der Waals surface area contributed by atoms with Gasteiger partial charge in [0.05, 0.1) is 13.2 Å². The third-order valence-electron chi connectivity index (χ3n) is 5.72. The van der Waals surface area contributed by atoms with Crippen LogP contribution in [0.2, 0.25) is 0 Å². The first-order valence-corrected chi connectivity index (χ1v) is 8.93. The summed E-state index contributed by atoms with van der Waals surface area (Å²) in [6.45, 7) is 11.1. The summed E-state index contributed by atoms with van der Waals surface area (Å²) < 4.78 is 11.6. The van der Waals surface area contributed by atoms with E-state index in [0.29, 0.717) is 11.8 Å². The fourth-order valence-corrected chi connectivity index (χ4v) is 4.23. The lowest BCUT2D eigenvalue weighted by molar-refractivity contribution is 0.141. The van der Waals surface area contributed by atoms with Crippen LogP contribution in [0.1, 0.15) is 57.6 Å². The molecule has 4 atom stereocenters. The Labute approximate surface area is 135 Å². The predicted molar refractivity (Wildman–Crippen MR) is 90.5 cm³/mol. The van der Waals surface area contributed by atoms with E-state index in [0.717, 1.165) is 37.2 Å². The highest BCUT2D eigenvalue weighted by molar-refractivity contribution is 5.39. The molecule has 1 heterocycles. The summed E-state index contributed by atoms with van der Waals surface area (Å²) in [7, 11) is 0. The molecule has 1 aromatic rings. The van der Waals surface area contributed by atoms with Crippen LogP contribution >= 0.6 is 0 Å². The van der Waals surface area contributed by atoms with Crippen molar-refractivity contribution in [1.29, 1.82) is 0 Å². The second-order valence-electron chi connectivity index (χ2n) is 7.61. The van der Waals surface area contributed by atoms with Gasteiger partial charge in [-0.05, 0) is 59.8 Å². The molecule has 3 rings (SSSR count). The highest BCUT2D eigenvalue weighted by Gasteiger charge is 2.31. The second-order valence-corrected chi connectivity index (χ2v) is 7.61. The number of rotatable bonds is 3. The van der Waals surface area contributed by atoms with Crippen molar-refractivity contribution in [1.82, 2.24) is 0 Å². The van der Waals surface area contributed by atoms with Crippen molar-refractivity contribution in [3.8, 4) is 5.75 Å². The zero-order valence-electron chi connectivity index (χ0n) is 14.5. The quantitative estimate of drug-likeness (QED) is 0.746. The Morgan fingerprint density at radius 2 is 2.00 bits per heavy atom. The second kappa shape index (κ2) is 6.62. The number of fused-ring (bicyclic) bond motifs is 1. The normalized spacial score (nSPS) is 31.9. The van der Waals surface area contributed by atoms with E-state index in [4.69, 9.17) is 9.47 Å². The first-order chi connectivity index (χ1) is 10.6. The van der Waals surface area contributed by atoms with E-state index < -0.39 is 0 Å². The maximum atomic E-state index is 6.15. The largest absolute Gasteiger partial charge is 0.488 e. The van der Waals surface area contributed by atoms with Gasteiger partial charge in [-0.15, -0.1) is 0 Å². The smallest absolute Gasteiger partial charge is 0.124 e. The van der Waals surface area contributed by atoms with Crippen molar-refractivity contribution >= 4 is 0 Å². The van der Waals surface area contributed by atoms with Gasteiger partial charge < -0.3 is 9.47 Å². The summed E-state index contributed by atoms with van der Waals surface area (Å²) in [6, 6.07) is 6.79. The van der Waals surface area contributed by atoms with Crippen molar-refractivity contribution < 1.29 is 9.47 Å². The van der Waals surface area contributed by atoms with E-state index in [9.17, 15) is 0 Å². The average molecular weight is 302 g/mol. The minimum Gasteiger partial charge on any atom is -0.488 e. The molecular weight excluding hydrogens is 272 g/mol. The Kier molecular flexibility index (Phi) is 4.77. The van der Waals surface area contributed by atoms with Gasteiger partial charge in [-0.25, -0.2) is 0 Å². The van der Waals surface area contributed by atoms with Crippen LogP contribution in [0.4, 0.5) is 0 Å². The van der Waals surface area contributed by atoms with Crippen LogP contribution < -0.4 is 4.74 Å². The third kappa shape index (κ3) is 3.17. The maximum absolute atomic E-state index is 6.15. The summed E-state index contributed by atoms with van der Waals surface area (Å²) in [5.41, 5.74) is 3.06. The minimum absolute atomic E-state index is 0.234. The molecule has 1 saturated heterocycles. The Morgan fingerprint density at radius 3 is 2.68 bits per heavy atom. The molecule has 0 aromatic heterocycles. The van der Waals surface area contributed by atoms with Gasteiger partial charge in [0.1, 0.15) is 11.9 Å². The van der Waals surface area contributed by atoms with Gasteiger partial charge >= 0.3 is 0 Å². The van der Waals surface area contributed by atoms with Crippen molar-refractivity contribution in [2.24, 2.45) is 17.8 Å². The maximum Gasteiger partial charge on any atom is 0.124 e. The molecule has 0 saturated carbocycles. The number of benzene rings is 1. The van der Waals surface area contributed by atoms with E-state index in [1.54, 1.807) is 0 Å². The zero-order valence-corrected chi connectivity index (χ0v) is 14.5. The first-order valence-electron chi connectivity index (χ1n) is 8.93. The lowest BCUT2D eigenvalue weighted by Crippen LogP contribution is -2.21. The molecular formula is C20H30O2. The third-order valence-corrected chi connectivity index (χ3v) is 5.72. The molecule has 1 aliphatic heterocycles. The average Bonchev–Trinajstić information content (AvgIpc) is 2.94. The predicted octanol–water partition coefficient (Wildman–Crippen LogP) is 4.81. The van der Waals surface area contributed by atoms with E-state index in [1.807, 2.05) is 0 Å². The minimum atomic E-state index is 0.234. The van der Waals surface area contributed by atoms with Gasteiger partial charge in [-0.1, -0.05) is 33.8 Å². The van der Waals surface area contributed by atoms with Crippen molar-refractivity contribution in [3.63, 3.8) is 0 Å². The molecule has 1 aliphatic carbocycles. The lowest BCUT2D eigenvalue weighted by Gasteiger charge is -2.31. The van der Waals surface area contributed by atoms with Crippen LogP contribution in [0.3, 0.4) is 0 Å². The Bertz CT molecular complexity index is 502. The summed E-state index contributed by atoms with van der Waals surface area (Å²) in [4.78, 5) is 0. The highest BCUT2D eigenvalue weighted by Crippen LogP contribution is 2.43. The van der Waals surface area contributed by atoms with Gasteiger partial charge in [-0.2, -0.15) is 0 Å². The molecule has 2 aliphatic rings. The lowest BCUT2D eigenvalue weighted by atomic mass is 9.74. The van der Waals surface area contributed by atoms with Gasteiger partial charge in [0.2, 0.25) is 0 Å². The van der Waals surface area contributed by atoms with Gasteiger partial charge in [0.15, 0.2) is 0 Å². The van der Waals surface area contributed by atoms with Crippen LogP contribution in [0, 0.1) is 17.8 Å². The Balaban J connectivity index is 1.90. The number of hydrogen-bond acceptors (Lipinski definition) is 2. The molecule has 0 spiro atoms. The molecule has 0 radical (unpaired) electrons. The summed E-state index contributed by atoms with van der Waals surface area (Å²) in [6.07, 6.45) is 3.75. The molecule has 1 fully saturated rings. The number of hydrogen-bond donors (Lipinski definition) is 0. The van der Waals surface area contributed by atoms with E-state index >= 15 is 0 Å². The first kappa shape index (κ1) is 15.9. The van der Waals surface area contributed by atoms with Gasteiger partial charge in [0, 0.05) is 6.42 Å². The fraction of sp³-hybridized carbons (Fsp3) is 0.700. The Morgan fingerprint density at radius 1 is 1.18 bits per heavy atom. The van der Waals surface area contributed by atoms with Crippen molar-refractivity contribution in [3.05, 3.63) is 29.3 Å². The molecule has 2 heteroatoms. The molecule has 2 nitrogen and oxygen atoms in total. The summed E-state index contributed by atoms with van der Waals surface area (Å²) in [5, 5.41) is 0. The van der Waals surface area contributed by atoms with Crippen LogP contribution in [0.25, 0.3) is 0 Å². The zero-order chi connectivity index (χ0) is 15.7. The fourth-order valence-electron chi connectivity index (χ4n) is 4.23. The van der Waals surface area contributed by atoms with Crippen molar-refractivity contribution in [2.45, 2.75) is 59.0 Å². The van der Waals surface area contributed by atoms with Gasteiger partial charge in [-0.3, -0.25) is 0 Å². The molecule has 22 heavy (non-hydrogen) atoms. The van der Waals surface area contributed by atoms with Crippen LogP contribution in [-0.2, 0) is 11.2 Å². The van der Waals surface area contributed by atoms with Crippen LogP contribution in [0.15, 0.2) is 18.2 Å². The SMILES string of the molecule is CC(C)[C@H]1c2cc(OC3CCOC3)ccc2CC[C@@H](C)[C@@H]1C. The highest BCUT2D eigenvalue weighted by atomic mass is 16.5. The van der Waals surface area contributed by atoms with E-state index in [1.165, 1.54) is 24.0 Å². The van der Waals surface area contributed by atoms with E-state index in [2.05, 4.69) is 45.9 Å². The standard InChI is InChI=1S/C20H30O2/c1-13(2)20-15(4)14(3)5-6-16-7-8-17(11-19(16)20)22-18-9-10-21-12-18/h7-8,11,13-15,18,20H,5-6,9-10,12H2,1-4H3/t14-,15+,18?,20-/m1/s1. The molecule has 122 valence electrons. The van der Waals surface area contributed by atoms with E-state index in [-0.39, 0.29) is 6.10 Å². The number of aryl methyl sites for hydroxylation is 1. The van der Waals surface area contributed by atoms with Crippen LogP contribution in [0.5, 0.6) is 5.75 Å². The monoisotopic (exact) mass is 302 g/mol. The topological polar surface area (TPSA) is 18.5 Å². The van der Waals surface area contributed by atoms with Gasteiger partial charge in [0.25, 0.3) is 0 Å². The molecule has 1 aromatic carbocycles. The molecule has 0 N–H and O–H groups in total.